The first kappa shape index (κ1) is 25.6. The van der Waals surface area contributed by atoms with Crippen LogP contribution < -0.4 is 11.1 Å². The third kappa shape index (κ3) is 4.61. The largest absolute Gasteiger partial charge is 0.460 e. The molecular formula is C31H25N5O5. The highest BCUT2D eigenvalue weighted by atomic mass is 16.6. The predicted molar refractivity (Wildman–Crippen MR) is 155 cm³/mol. The zero-order valence-electron chi connectivity index (χ0n) is 22.1. The van der Waals surface area contributed by atoms with Crippen LogP contribution in [-0.4, -0.2) is 25.3 Å². The summed E-state index contributed by atoms with van der Waals surface area (Å²) in [6, 6.07) is 24.8. The molecule has 3 aromatic heterocycles. The summed E-state index contributed by atoms with van der Waals surface area (Å²) in [4.78, 5) is 38.2. The summed E-state index contributed by atoms with van der Waals surface area (Å²) < 4.78 is 6.26. The molecule has 41 heavy (non-hydrogen) atoms. The maximum Gasteiger partial charge on any atom is 0.280 e. The molecule has 0 saturated carbocycles. The molecule has 0 fully saturated rings. The number of nitro groups is 1. The lowest BCUT2D eigenvalue weighted by atomic mass is 9.86. The summed E-state index contributed by atoms with van der Waals surface area (Å²) >= 11 is 0. The number of aryl methyl sites for hydroxylation is 2. The van der Waals surface area contributed by atoms with Crippen LogP contribution in [0, 0.1) is 24.0 Å². The van der Waals surface area contributed by atoms with Crippen LogP contribution >= 0.6 is 0 Å². The molecule has 6 aromatic rings. The molecule has 0 unspecified atom stereocenters. The van der Waals surface area contributed by atoms with Crippen molar-refractivity contribution in [3.63, 3.8) is 0 Å². The van der Waals surface area contributed by atoms with E-state index in [1.165, 1.54) is 6.07 Å². The average molecular weight is 548 g/mol. The van der Waals surface area contributed by atoms with Gasteiger partial charge >= 0.3 is 0 Å². The van der Waals surface area contributed by atoms with E-state index >= 15 is 0 Å². The van der Waals surface area contributed by atoms with Gasteiger partial charge in [-0.25, -0.2) is 0 Å². The van der Waals surface area contributed by atoms with Crippen LogP contribution in [0.3, 0.4) is 0 Å². The molecule has 0 amide bonds. The number of aromatic nitrogens is 4. The van der Waals surface area contributed by atoms with E-state index in [-0.39, 0.29) is 33.9 Å². The number of furan rings is 1. The van der Waals surface area contributed by atoms with E-state index in [0.29, 0.717) is 11.4 Å². The molecule has 3 aromatic carbocycles. The van der Waals surface area contributed by atoms with E-state index in [2.05, 4.69) is 20.4 Å². The Kier molecular flexibility index (Phi) is 6.35. The topological polar surface area (TPSA) is 154 Å². The first-order chi connectivity index (χ1) is 19.8. The molecule has 10 heteroatoms. The number of hydrogen-bond donors (Lipinski definition) is 4. The van der Waals surface area contributed by atoms with Gasteiger partial charge in [-0.2, -0.15) is 0 Å². The van der Waals surface area contributed by atoms with Gasteiger partial charge in [-0.1, -0.05) is 71.8 Å². The molecule has 204 valence electrons. The fourth-order valence-corrected chi connectivity index (χ4v) is 5.10. The highest BCUT2D eigenvalue weighted by Gasteiger charge is 2.34. The zero-order chi connectivity index (χ0) is 28.7. The minimum Gasteiger partial charge on any atom is -0.460 e. The Labute approximate surface area is 232 Å². The van der Waals surface area contributed by atoms with Crippen molar-refractivity contribution in [2.24, 2.45) is 0 Å². The molecule has 10 nitrogen and oxygen atoms in total. The molecule has 0 bridgehead atoms. The number of hydrogen-bond acceptors (Lipinski definition) is 5. The van der Waals surface area contributed by atoms with Gasteiger partial charge in [0, 0.05) is 6.07 Å². The smallest absolute Gasteiger partial charge is 0.280 e. The van der Waals surface area contributed by atoms with Gasteiger partial charge < -0.3 is 4.42 Å². The number of nitrogens with one attached hydrogen (secondary N) is 4. The number of benzene rings is 3. The second kappa shape index (κ2) is 10.2. The highest BCUT2D eigenvalue weighted by Crippen LogP contribution is 2.40. The minimum atomic E-state index is -0.968. The number of H-pyrrole nitrogens is 4. The fraction of sp³-hybridized carbons (Fsp3) is 0.0968. The maximum atomic E-state index is 13.5. The Bertz CT molecular complexity index is 1890. The third-order valence-electron chi connectivity index (χ3n) is 7.17. The molecule has 0 atom stereocenters. The van der Waals surface area contributed by atoms with E-state index < -0.39 is 22.0 Å². The number of rotatable bonds is 7. The SMILES string of the molecule is Cc1ccc(-c2[nH][nH]c(=O)c2C(c2ccc(-c3ccccc3[N+](=O)[O-])o2)c2c(-c3ccc(C)cc3)[nH][nH]c2=O)cc1. The summed E-state index contributed by atoms with van der Waals surface area (Å²) in [6.45, 7) is 3.93. The molecule has 0 aliphatic rings. The van der Waals surface area contributed by atoms with Crippen molar-refractivity contribution in [3.8, 4) is 33.8 Å². The number of para-hydroxylation sites is 1. The summed E-state index contributed by atoms with van der Waals surface area (Å²) in [5.41, 5.74) is 4.43. The van der Waals surface area contributed by atoms with Crippen LogP contribution in [0.1, 0.15) is 33.9 Å². The molecule has 0 radical (unpaired) electrons. The lowest BCUT2D eigenvalue weighted by Gasteiger charge is -2.15. The number of nitrogens with zero attached hydrogens (tertiary/aromatic N) is 1. The average Bonchev–Trinajstić information content (AvgIpc) is 3.70. The van der Waals surface area contributed by atoms with Crippen LogP contribution in [0.2, 0.25) is 0 Å². The molecule has 0 aliphatic heterocycles. The van der Waals surface area contributed by atoms with Crippen molar-refractivity contribution in [2.45, 2.75) is 19.8 Å². The second-order valence-electron chi connectivity index (χ2n) is 9.88. The van der Waals surface area contributed by atoms with E-state index in [9.17, 15) is 19.7 Å². The zero-order valence-corrected chi connectivity index (χ0v) is 22.1. The van der Waals surface area contributed by atoms with Crippen LogP contribution in [0.4, 0.5) is 5.69 Å². The van der Waals surface area contributed by atoms with Crippen molar-refractivity contribution < 1.29 is 9.34 Å². The third-order valence-corrected chi connectivity index (χ3v) is 7.17. The van der Waals surface area contributed by atoms with Gasteiger partial charge in [0.05, 0.1) is 38.9 Å². The predicted octanol–water partition coefficient (Wildman–Crippen LogP) is 6.02. The quantitative estimate of drug-likeness (QED) is 0.142. The van der Waals surface area contributed by atoms with Gasteiger partial charge in [0.2, 0.25) is 0 Å². The molecule has 6 rings (SSSR count). The van der Waals surface area contributed by atoms with E-state index in [1.54, 1.807) is 30.3 Å². The van der Waals surface area contributed by atoms with Crippen molar-refractivity contribution in [3.05, 3.63) is 144 Å². The normalized spacial score (nSPS) is 11.3. The van der Waals surface area contributed by atoms with Gasteiger partial charge in [0.25, 0.3) is 16.8 Å². The number of nitro benzene ring substituents is 1. The lowest BCUT2D eigenvalue weighted by molar-refractivity contribution is -0.384. The highest BCUT2D eigenvalue weighted by molar-refractivity contribution is 5.72. The standard InChI is InChI=1S/C31H25N5O5/c1-17-7-11-19(12-8-17)28-26(30(37)34-32-28)25(27-29(33-35-31(27)38)20-13-9-18(2)10-14-20)24-16-15-23(41-24)21-5-3-4-6-22(21)36(39)40/h3-16,25H,1-2H3,(H2,32,34,37)(H2,33,35,38). The van der Waals surface area contributed by atoms with Gasteiger partial charge in [0.1, 0.15) is 11.5 Å². The fourth-order valence-electron chi connectivity index (χ4n) is 5.10. The van der Waals surface area contributed by atoms with Gasteiger partial charge in [-0.3, -0.25) is 40.1 Å². The van der Waals surface area contributed by atoms with Crippen LogP contribution in [0.15, 0.2) is 98.9 Å². The van der Waals surface area contributed by atoms with Gasteiger partial charge in [-0.15, -0.1) is 0 Å². The van der Waals surface area contributed by atoms with Crippen molar-refractivity contribution >= 4 is 5.69 Å². The van der Waals surface area contributed by atoms with Gasteiger partial charge in [0.15, 0.2) is 0 Å². The summed E-state index contributed by atoms with van der Waals surface area (Å²) in [5.74, 6) is -0.454. The Morgan fingerprint density at radius 2 is 1.20 bits per heavy atom. The van der Waals surface area contributed by atoms with Crippen molar-refractivity contribution in [2.75, 3.05) is 0 Å². The maximum absolute atomic E-state index is 13.5. The summed E-state index contributed by atoms with van der Waals surface area (Å²) in [5, 5.41) is 23.0. The Morgan fingerprint density at radius 3 is 1.71 bits per heavy atom. The Hall–Kier alpha value is -5.64. The second-order valence-corrected chi connectivity index (χ2v) is 9.88. The molecule has 4 N–H and O–H groups in total. The minimum absolute atomic E-state index is 0.121. The molecule has 0 spiro atoms. The summed E-state index contributed by atoms with van der Waals surface area (Å²) in [6.07, 6.45) is 0. The van der Waals surface area contributed by atoms with E-state index in [1.807, 2.05) is 62.4 Å². The summed E-state index contributed by atoms with van der Waals surface area (Å²) in [7, 11) is 0. The lowest BCUT2D eigenvalue weighted by Crippen LogP contribution is -2.19. The van der Waals surface area contributed by atoms with E-state index in [4.69, 9.17) is 4.42 Å². The van der Waals surface area contributed by atoms with Crippen LogP contribution in [-0.2, 0) is 0 Å². The first-order valence-corrected chi connectivity index (χ1v) is 12.9. The molecule has 3 heterocycles. The Morgan fingerprint density at radius 1 is 0.683 bits per heavy atom. The first-order valence-electron chi connectivity index (χ1n) is 12.9. The number of aromatic amines is 4. The van der Waals surface area contributed by atoms with Crippen LogP contribution in [0.5, 0.6) is 0 Å². The monoisotopic (exact) mass is 547 g/mol. The van der Waals surface area contributed by atoms with Crippen molar-refractivity contribution in [1.82, 2.24) is 20.4 Å². The van der Waals surface area contributed by atoms with Crippen LogP contribution in [0.25, 0.3) is 33.8 Å². The molecule has 0 saturated heterocycles. The van der Waals surface area contributed by atoms with Gasteiger partial charge in [-0.05, 0) is 43.2 Å². The van der Waals surface area contributed by atoms with E-state index in [0.717, 1.165) is 22.3 Å². The Balaban J connectivity index is 1.61. The molecular weight excluding hydrogens is 522 g/mol. The van der Waals surface area contributed by atoms with Crippen molar-refractivity contribution in [1.29, 1.82) is 0 Å². The molecule has 0 aliphatic carbocycles.